The number of imidazole rings is 1. The van der Waals surface area contributed by atoms with Crippen LogP contribution in [0.5, 0.6) is 0 Å². The topological polar surface area (TPSA) is 184 Å². The third-order valence-electron chi connectivity index (χ3n) is 14.4. The first-order valence-electron chi connectivity index (χ1n) is 23.1. The quantitative estimate of drug-likeness (QED) is 0.0493. The number of nitrogens with zero attached hydrogens (tertiary/aromatic N) is 3. The molecule has 1 aliphatic carbocycles. The van der Waals surface area contributed by atoms with E-state index in [1.54, 1.807) is 65.8 Å². The number of hydrogen-bond acceptors (Lipinski definition) is 8. The van der Waals surface area contributed by atoms with Gasteiger partial charge in [-0.05, 0) is 109 Å². The maximum Gasteiger partial charge on any atom is 0.255 e. The van der Waals surface area contributed by atoms with Gasteiger partial charge in [0.2, 0.25) is 24.1 Å². The molecule has 3 fully saturated rings. The second-order valence-electron chi connectivity index (χ2n) is 18.0. The van der Waals surface area contributed by atoms with Gasteiger partial charge in [0.05, 0.1) is 11.3 Å². The highest BCUT2D eigenvalue weighted by Gasteiger charge is 2.68. The van der Waals surface area contributed by atoms with Crippen molar-refractivity contribution in [2.24, 2.45) is 0 Å². The molecule has 5 aliphatic rings. The number of benzene rings is 4. The number of piperidine rings is 1. The van der Waals surface area contributed by atoms with Crippen molar-refractivity contribution in [3.63, 3.8) is 0 Å². The van der Waals surface area contributed by atoms with Crippen LogP contribution in [0.4, 0.5) is 15.8 Å². The second-order valence-corrected chi connectivity index (χ2v) is 18.9. The summed E-state index contributed by atoms with van der Waals surface area (Å²) >= 11 is 12.3. The van der Waals surface area contributed by atoms with E-state index in [0.29, 0.717) is 72.8 Å². The van der Waals surface area contributed by atoms with E-state index in [0.717, 1.165) is 73.0 Å². The summed E-state index contributed by atoms with van der Waals surface area (Å²) in [6.07, 6.45) is 11.9. The van der Waals surface area contributed by atoms with Crippen molar-refractivity contribution in [2.45, 2.75) is 100 Å². The zero-order valence-corrected chi connectivity index (χ0v) is 38.7. The molecule has 2 saturated heterocycles. The Balaban J connectivity index is 0.000000180. The first-order chi connectivity index (χ1) is 32.9. The van der Waals surface area contributed by atoms with E-state index in [1.165, 1.54) is 0 Å². The first-order valence-corrected chi connectivity index (χ1v) is 23.8. The van der Waals surface area contributed by atoms with Gasteiger partial charge in [0, 0.05) is 83.5 Å². The lowest BCUT2D eigenvalue weighted by atomic mass is 9.56. The van der Waals surface area contributed by atoms with Crippen molar-refractivity contribution in [1.82, 2.24) is 30.4 Å². The van der Waals surface area contributed by atoms with Crippen LogP contribution in [-0.4, -0.2) is 75.1 Å². The highest BCUT2D eigenvalue weighted by atomic mass is 35.5. The maximum atomic E-state index is 15.1. The average Bonchev–Trinajstić information content (AvgIpc) is 4.09. The number of aryl methyl sites for hydroxylation is 3. The standard InChI is InChI=1S/C29H30N6O5.C22H21Cl2FN2O/c36-18-32-21-8-5-20(6-9-21)27(38)31-13-2-14-34-17-30-15-22(34)10-7-19-3-1-4-23-24(19)16-35(29(23)40)25-11-12-26(37)33-28(25)39;23-13-7-8-15-18(11-13)27-20(28)22(15)16(14-5-4-6-17(24)19(14)25)12-26-21(22)9-2-1-3-10-21/h1,3-6,8-9,15,17-18,25H,2,7,10-14,16H2,(H,31,38)(H,32,36)(H,33,37,39);4-8,11,16,26H,1-3,9-10,12H2,(H,27,28)/t;16?,22-/m.1/s1. The molecule has 0 bridgehead atoms. The Morgan fingerprint density at radius 2 is 1.74 bits per heavy atom. The molecule has 14 nitrogen and oxygen atoms in total. The zero-order valence-electron chi connectivity index (χ0n) is 37.2. The predicted octanol–water partition coefficient (Wildman–Crippen LogP) is 7.23. The number of halogens is 3. The molecule has 4 aliphatic heterocycles. The predicted molar refractivity (Wildman–Crippen MR) is 255 cm³/mol. The van der Waals surface area contributed by atoms with Crippen LogP contribution < -0.4 is 26.6 Å². The Kier molecular flexibility index (Phi) is 13.5. The minimum Gasteiger partial charge on any atom is -0.352 e. The van der Waals surface area contributed by atoms with E-state index < -0.39 is 28.7 Å². The van der Waals surface area contributed by atoms with Crippen molar-refractivity contribution in [1.29, 1.82) is 0 Å². The van der Waals surface area contributed by atoms with Crippen molar-refractivity contribution < 1.29 is 33.2 Å². The molecule has 6 amide bonds. The molecule has 352 valence electrons. The Morgan fingerprint density at radius 3 is 2.51 bits per heavy atom. The number of anilines is 2. The lowest BCUT2D eigenvalue weighted by Gasteiger charge is -2.47. The van der Waals surface area contributed by atoms with Gasteiger partial charge in [0.15, 0.2) is 0 Å². The molecule has 0 radical (unpaired) electrons. The highest BCUT2D eigenvalue weighted by molar-refractivity contribution is 6.31. The fourth-order valence-corrected chi connectivity index (χ4v) is 11.5. The number of nitrogens with one attached hydrogen (secondary N) is 5. The summed E-state index contributed by atoms with van der Waals surface area (Å²) in [5, 5.41) is 15.2. The maximum absolute atomic E-state index is 15.1. The smallest absolute Gasteiger partial charge is 0.255 e. The number of carbonyl (C=O) groups excluding carboxylic acids is 6. The lowest BCUT2D eigenvalue weighted by Crippen LogP contribution is -2.60. The molecule has 5 heterocycles. The Labute approximate surface area is 402 Å². The van der Waals surface area contributed by atoms with E-state index in [4.69, 9.17) is 23.2 Å². The van der Waals surface area contributed by atoms with Gasteiger partial charge in [-0.1, -0.05) is 72.8 Å². The number of imide groups is 1. The minimum atomic E-state index is -0.876. The van der Waals surface area contributed by atoms with Crippen LogP contribution in [0.25, 0.3) is 0 Å². The summed E-state index contributed by atoms with van der Waals surface area (Å²) in [7, 11) is 0. The number of carbonyl (C=O) groups is 6. The van der Waals surface area contributed by atoms with Crippen LogP contribution in [0.3, 0.4) is 0 Å². The molecule has 2 spiro atoms. The molecule has 2 unspecified atom stereocenters. The van der Waals surface area contributed by atoms with Crippen LogP contribution in [0.2, 0.25) is 10.0 Å². The van der Waals surface area contributed by atoms with Gasteiger partial charge in [-0.3, -0.25) is 34.1 Å². The van der Waals surface area contributed by atoms with Crippen molar-refractivity contribution in [2.75, 3.05) is 23.7 Å². The minimum absolute atomic E-state index is 0.0685. The van der Waals surface area contributed by atoms with Gasteiger partial charge in [-0.15, -0.1) is 0 Å². The van der Waals surface area contributed by atoms with E-state index in [9.17, 15) is 28.8 Å². The molecule has 1 aromatic heterocycles. The summed E-state index contributed by atoms with van der Waals surface area (Å²) in [5.74, 6) is -1.91. The number of aromatic nitrogens is 2. The van der Waals surface area contributed by atoms with E-state index in [-0.39, 0.29) is 41.0 Å². The third-order valence-corrected chi connectivity index (χ3v) is 14.9. The summed E-state index contributed by atoms with van der Waals surface area (Å²) in [6.45, 7) is 2.07. The third kappa shape index (κ3) is 8.67. The van der Waals surface area contributed by atoms with Gasteiger partial charge in [-0.2, -0.15) is 0 Å². The molecule has 5 N–H and O–H groups in total. The first kappa shape index (κ1) is 46.7. The van der Waals surface area contributed by atoms with Crippen molar-refractivity contribution in [3.8, 4) is 0 Å². The van der Waals surface area contributed by atoms with Gasteiger partial charge in [0.25, 0.3) is 11.8 Å². The normalized spacial score (nSPS) is 21.2. The SMILES string of the molecule is O=C1Nc2cc(Cl)ccc2[C@@]12C(c1cccc(Cl)c1F)CNC21CCCCC1.O=CNc1ccc(C(=O)NCCCn2cncc2CCc2cccc3c2CN(C2CCC(=O)NC2=O)C3=O)cc1. The fourth-order valence-electron chi connectivity index (χ4n) is 11.2. The van der Waals surface area contributed by atoms with Gasteiger partial charge >= 0.3 is 0 Å². The van der Waals surface area contributed by atoms with Crippen LogP contribution in [0.1, 0.15) is 106 Å². The number of rotatable bonds is 12. The highest BCUT2D eigenvalue weighted by Crippen LogP contribution is 2.61. The molecular formula is C51H51Cl2FN8O6. The summed E-state index contributed by atoms with van der Waals surface area (Å²) in [6, 6.07) is 22.3. The van der Waals surface area contributed by atoms with E-state index in [1.807, 2.05) is 30.5 Å². The summed E-state index contributed by atoms with van der Waals surface area (Å²) in [5.41, 5.74) is 5.66. The number of fused-ring (bicyclic) bond motifs is 4. The van der Waals surface area contributed by atoms with Crippen LogP contribution in [-0.2, 0) is 50.5 Å². The fraction of sp³-hybridized carbons (Fsp3) is 0.353. The van der Waals surface area contributed by atoms with Crippen molar-refractivity contribution in [3.05, 3.63) is 146 Å². The van der Waals surface area contributed by atoms with Gasteiger partial charge < -0.3 is 30.7 Å². The largest absolute Gasteiger partial charge is 0.352 e. The van der Waals surface area contributed by atoms with Crippen LogP contribution >= 0.6 is 23.2 Å². The Morgan fingerprint density at radius 1 is 0.941 bits per heavy atom. The van der Waals surface area contributed by atoms with Crippen LogP contribution in [0, 0.1) is 5.82 Å². The van der Waals surface area contributed by atoms with Crippen molar-refractivity contribution >= 4 is 70.5 Å². The molecule has 68 heavy (non-hydrogen) atoms. The van der Waals surface area contributed by atoms with Gasteiger partial charge in [-0.25, -0.2) is 9.37 Å². The molecule has 10 rings (SSSR count). The molecule has 5 aromatic rings. The Bertz CT molecular complexity index is 2790. The summed E-state index contributed by atoms with van der Waals surface area (Å²) < 4.78 is 17.2. The molecule has 1 saturated carbocycles. The Hall–Kier alpha value is -6.42. The molecule has 3 atom stereocenters. The monoisotopic (exact) mass is 960 g/mol. The summed E-state index contributed by atoms with van der Waals surface area (Å²) in [4.78, 5) is 79.5. The van der Waals surface area contributed by atoms with E-state index in [2.05, 4.69) is 36.1 Å². The molecular weight excluding hydrogens is 911 g/mol. The number of amides is 6. The average molecular weight is 962 g/mol. The van der Waals surface area contributed by atoms with Crippen LogP contribution in [0.15, 0.2) is 91.4 Å². The second kappa shape index (κ2) is 19.7. The molecule has 17 heteroatoms. The van der Waals surface area contributed by atoms with Gasteiger partial charge in [0.1, 0.15) is 17.3 Å². The zero-order chi connectivity index (χ0) is 47.6. The lowest BCUT2D eigenvalue weighted by molar-refractivity contribution is -0.137. The molecule has 4 aromatic carbocycles. The number of hydrogen-bond donors (Lipinski definition) is 5. The van der Waals surface area contributed by atoms with E-state index >= 15 is 4.39 Å².